The topological polar surface area (TPSA) is 271 Å². The smallest absolute Gasteiger partial charge is 0.211 e. The molecule has 4 fully saturated rings. The van der Waals surface area contributed by atoms with E-state index in [1.165, 1.54) is 61.5 Å². The van der Waals surface area contributed by atoms with Crippen molar-refractivity contribution in [2.75, 3.05) is 113 Å². The average molecular weight is 1300 g/mol. The lowest BCUT2D eigenvalue weighted by Gasteiger charge is -2.35. The first-order valence-electron chi connectivity index (χ1n) is 30.2. The van der Waals surface area contributed by atoms with Crippen molar-refractivity contribution in [1.82, 2.24) is 58.0 Å². The first-order valence-corrected chi connectivity index (χ1v) is 37.6. The molecule has 8 heterocycles. The summed E-state index contributed by atoms with van der Waals surface area (Å²) in [6.45, 7) is 11.3. The van der Waals surface area contributed by atoms with Gasteiger partial charge in [-0.25, -0.2) is 42.3 Å². The van der Waals surface area contributed by atoms with Gasteiger partial charge in [0, 0.05) is 111 Å². The van der Waals surface area contributed by atoms with Crippen LogP contribution in [0.4, 0.5) is 11.4 Å². The summed E-state index contributed by atoms with van der Waals surface area (Å²) in [5.74, 6) is 0.759. The molecule has 4 aliphatic heterocycles. The van der Waals surface area contributed by atoms with Gasteiger partial charge in [0.2, 0.25) is 40.1 Å². The van der Waals surface area contributed by atoms with E-state index < -0.39 is 40.1 Å². The first kappa shape index (κ1) is 64.0. The fourth-order valence-electron chi connectivity index (χ4n) is 12.8. The number of aromatic amines is 4. The summed E-state index contributed by atoms with van der Waals surface area (Å²) < 4.78 is 99.4. The molecule has 14 rings (SSSR count). The van der Waals surface area contributed by atoms with Crippen molar-refractivity contribution in [3.05, 3.63) is 156 Å². The van der Waals surface area contributed by atoms with Gasteiger partial charge < -0.3 is 9.80 Å². The van der Waals surface area contributed by atoms with E-state index in [-0.39, 0.29) is 0 Å². The molecule has 90 heavy (non-hydrogen) atoms. The number of sulfonamides is 4. The monoisotopic (exact) mass is 1300 g/mol. The van der Waals surface area contributed by atoms with Crippen molar-refractivity contribution in [3.8, 4) is 22.3 Å². The number of aryl methyl sites for hydroxylation is 2. The zero-order chi connectivity index (χ0) is 63.5. The van der Waals surface area contributed by atoms with Crippen molar-refractivity contribution in [3.63, 3.8) is 0 Å². The lowest BCUT2D eigenvalue weighted by atomic mass is 9.86. The number of hydrogen-bond acceptors (Lipinski definition) is 14. The molecular formula is C64H78N14O8S4. The Hall–Kier alpha value is -7.56. The lowest BCUT2D eigenvalue weighted by molar-refractivity contribution is 0.322. The number of piperidine rings is 2. The number of aromatic nitrogens is 8. The molecule has 6 aromatic carbocycles. The third-order valence-electron chi connectivity index (χ3n) is 17.6. The van der Waals surface area contributed by atoms with E-state index in [4.69, 9.17) is 0 Å². The average Bonchev–Trinajstić information content (AvgIpc) is 2.23. The molecule has 4 saturated heterocycles. The minimum absolute atomic E-state index is 0.349. The van der Waals surface area contributed by atoms with Gasteiger partial charge in [0.1, 0.15) is 0 Å². The summed E-state index contributed by atoms with van der Waals surface area (Å²) in [6, 6.07) is 37.7. The molecular weight excluding hydrogens is 1220 g/mol. The molecule has 0 atom stereocenters. The fraction of sp³-hybridized carbons (Fsp3) is 0.375. The molecule has 0 bridgehead atoms. The van der Waals surface area contributed by atoms with Gasteiger partial charge >= 0.3 is 0 Å². The number of benzene rings is 6. The van der Waals surface area contributed by atoms with Gasteiger partial charge in [-0.2, -0.15) is 29.0 Å². The van der Waals surface area contributed by atoms with Crippen LogP contribution in [-0.4, -0.2) is 195 Å². The number of hydrogen-bond donors (Lipinski definition) is 4. The summed E-state index contributed by atoms with van der Waals surface area (Å²) >= 11 is 0. The van der Waals surface area contributed by atoms with Crippen LogP contribution in [-0.2, 0) is 40.1 Å². The summed E-state index contributed by atoms with van der Waals surface area (Å²) in [7, 11) is -12.4. The highest BCUT2D eigenvalue weighted by Gasteiger charge is 2.30. The van der Waals surface area contributed by atoms with E-state index in [1.807, 2.05) is 61.2 Å². The predicted octanol–water partition coefficient (Wildman–Crippen LogP) is 8.64. The number of H-pyrrole nitrogens is 4. The minimum atomic E-state index is -3.13. The Morgan fingerprint density at radius 2 is 0.656 bits per heavy atom. The molecule has 4 N–H and O–H groups in total. The normalized spacial score (nSPS) is 17.4. The Morgan fingerprint density at radius 1 is 0.344 bits per heavy atom. The highest BCUT2D eigenvalue weighted by molar-refractivity contribution is 7.89. The molecule has 0 radical (unpaired) electrons. The molecule has 0 aliphatic carbocycles. The van der Waals surface area contributed by atoms with Crippen LogP contribution >= 0.6 is 0 Å². The highest BCUT2D eigenvalue weighted by Crippen LogP contribution is 2.38. The van der Waals surface area contributed by atoms with Gasteiger partial charge in [0.15, 0.2) is 0 Å². The van der Waals surface area contributed by atoms with Gasteiger partial charge in [-0.15, -0.1) is 0 Å². The zero-order valence-corrected chi connectivity index (χ0v) is 54.8. The molecule has 26 heteroatoms. The molecule has 0 unspecified atom stereocenters. The van der Waals surface area contributed by atoms with E-state index in [0.717, 1.165) is 97.4 Å². The van der Waals surface area contributed by atoms with Crippen LogP contribution in [0.15, 0.2) is 134 Å². The number of rotatable bonds is 10. The van der Waals surface area contributed by atoms with E-state index in [1.54, 1.807) is 8.61 Å². The maximum Gasteiger partial charge on any atom is 0.211 e. The minimum Gasteiger partial charge on any atom is -0.368 e. The Labute approximate surface area is 526 Å². The third kappa shape index (κ3) is 14.9. The Morgan fingerprint density at radius 3 is 1.06 bits per heavy atom. The second-order valence-corrected chi connectivity index (χ2v) is 31.9. The Bertz CT molecular complexity index is 4310. The van der Waals surface area contributed by atoms with E-state index >= 15 is 0 Å². The number of fused-ring (bicyclic) bond motifs is 4. The second kappa shape index (κ2) is 26.7. The maximum absolute atomic E-state index is 11.8. The lowest BCUT2D eigenvalue weighted by Crippen LogP contribution is -2.48. The van der Waals surface area contributed by atoms with Crippen molar-refractivity contribution < 1.29 is 33.7 Å². The number of nitrogens with one attached hydrogen (secondary N) is 4. The molecule has 476 valence electrons. The quantitative estimate of drug-likeness (QED) is 0.0998. The van der Waals surface area contributed by atoms with Crippen LogP contribution in [0.3, 0.4) is 0 Å². The van der Waals surface area contributed by atoms with Gasteiger partial charge in [-0.3, -0.25) is 20.4 Å². The number of anilines is 2. The molecule has 0 saturated carbocycles. The Balaban J connectivity index is 0.000000124. The summed E-state index contributed by atoms with van der Waals surface area (Å²) in [6.07, 6.45) is 15.9. The highest BCUT2D eigenvalue weighted by atomic mass is 32.2. The van der Waals surface area contributed by atoms with Gasteiger partial charge in [-0.1, -0.05) is 72.8 Å². The van der Waals surface area contributed by atoms with Gasteiger partial charge in [0.05, 0.1) is 71.9 Å². The molecule has 4 aromatic heterocycles. The Kier molecular flexibility index (Phi) is 19.0. The predicted molar refractivity (Wildman–Crippen MR) is 359 cm³/mol. The standard InChI is InChI=1S/C19H21N3O2S.C18H20N4O2S.C14H19N3O2S.C13H18N4O2S/c1-25(23,24)22-9-7-15(8-10-22)17-11-16(14-5-3-2-4-6-14)12-19-18(17)13-20-21-19;1-25(23,24)22-9-7-21(8-10-22)18-12-15(14-5-3-2-4-6-14)11-17-16(18)13-19-20-17;1-10-7-12(13-9-15-16-14(13)8-10)11-3-5-17(6-4-11)20(2,18)19;1-10-7-12-11(9-14-15-12)13(8-10)16-3-5-17(6-4-16)20(2,18)19/h2-6,11-13,15H,7-10H2,1H3,(H,20,21);2-6,11-13H,7-10H2,1H3,(H,19,20);7-9,11H,3-6H2,1-2H3,(H,15,16);7-9H,3-6H2,1-2H3,(H,14,15). The fourth-order valence-corrected chi connectivity index (χ4v) is 16.2. The van der Waals surface area contributed by atoms with Crippen LogP contribution in [0.25, 0.3) is 65.9 Å². The van der Waals surface area contributed by atoms with Crippen LogP contribution in [0, 0.1) is 13.8 Å². The van der Waals surface area contributed by atoms with Gasteiger partial charge in [0.25, 0.3) is 0 Å². The van der Waals surface area contributed by atoms with Crippen molar-refractivity contribution in [1.29, 1.82) is 0 Å². The third-order valence-corrected chi connectivity index (χ3v) is 22.8. The summed E-state index contributed by atoms with van der Waals surface area (Å²) in [5.41, 5.74) is 15.9. The summed E-state index contributed by atoms with van der Waals surface area (Å²) in [5, 5.41) is 33.2. The SMILES string of the molecule is CS(=O)(=O)N1CCC(c2cc(-c3ccccc3)cc3[nH]ncc23)CC1.CS(=O)(=O)N1CCN(c2cc(-c3ccccc3)cc3[nH]ncc23)CC1.Cc1cc(C2CCN(S(C)(=O)=O)CC2)c2cn[nH]c2c1.Cc1cc(N2CCN(S(C)(=O)=O)CC2)c2cn[nH]c2c1. The van der Waals surface area contributed by atoms with Crippen molar-refractivity contribution >= 4 is 95.1 Å². The molecule has 0 spiro atoms. The van der Waals surface area contributed by atoms with E-state index in [0.29, 0.717) is 90.4 Å². The largest absolute Gasteiger partial charge is 0.368 e. The molecule has 0 amide bonds. The number of nitrogens with zero attached hydrogens (tertiary/aromatic N) is 10. The van der Waals surface area contributed by atoms with E-state index in [2.05, 4.69) is 137 Å². The molecule has 22 nitrogen and oxygen atoms in total. The zero-order valence-electron chi connectivity index (χ0n) is 51.5. The maximum atomic E-state index is 11.8. The molecule has 4 aliphatic rings. The van der Waals surface area contributed by atoms with Gasteiger partial charge in [-0.05, 0) is 132 Å². The molecule has 10 aromatic rings. The second-order valence-electron chi connectivity index (χ2n) is 23.9. The first-order chi connectivity index (χ1) is 42.9. The summed E-state index contributed by atoms with van der Waals surface area (Å²) in [4.78, 5) is 4.47. The van der Waals surface area contributed by atoms with Crippen LogP contribution in [0.1, 0.15) is 59.8 Å². The van der Waals surface area contributed by atoms with Crippen molar-refractivity contribution in [2.24, 2.45) is 0 Å². The van der Waals surface area contributed by atoms with Crippen LogP contribution in [0.5, 0.6) is 0 Å². The van der Waals surface area contributed by atoms with E-state index in [9.17, 15) is 33.7 Å². The van der Waals surface area contributed by atoms with Crippen LogP contribution < -0.4 is 9.80 Å². The van der Waals surface area contributed by atoms with Crippen LogP contribution in [0.2, 0.25) is 0 Å². The number of piperazine rings is 2. The van der Waals surface area contributed by atoms with Crippen molar-refractivity contribution in [2.45, 2.75) is 51.4 Å².